The van der Waals surface area contributed by atoms with Crippen LogP contribution < -0.4 is 10.1 Å². The first-order valence-corrected chi connectivity index (χ1v) is 14.0. The van der Waals surface area contributed by atoms with Crippen molar-refractivity contribution < 1.29 is 51.0 Å². The molecule has 13 heteroatoms. The van der Waals surface area contributed by atoms with E-state index in [9.17, 15) is 41.5 Å². The highest BCUT2D eigenvalue weighted by atomic mass is 19.2. The summed E-state index contributed by atoms with van der Waals surface area (Å²) >= 11 is 0. The zero-order valence-electron chi connectivity index (χ0n) is 23.9. The summed E-state index contributed by atoms with van der Waals surface area (Å²) in [5, 5.41) is 2.41. The summed E-state index contributed by atoms with van der Waals surface area (Å²) in [7, 11) is 0. The molecule has 0 bridgehead atoms. The third-order valence-corrected chi connectivity index (χ3v) is 7.19. The van der Waals surface area contributed by atoms with Gasteiger partial charge in [0, 0.05) is 25.6 Å². The molecule has 42 heavy (non-hydrogen) atoms. The average Bonchev–Trinajstić information content (AvgIpc) is 3.43. The van der Waals surface area contributed by atoms with Gasteiger partial charge in [0.25, 0.3) is 5.91 Å². The van der Waals surface area contributed by atoms with Gasteiger partial charge in [0.05, 0.1) is 12.3 Å². The molecule has 1 saturated heterocycles. The second kappa shape index (κ2) is 14.1. The fourth-order valence-electron chi connectivity index (χ4n) is 5.12. The number of hydrogen-bond donors (Lipinski definition) is 1. The second-order valence-electron chi connectivity index (χ2n) is 11.8. The molecule has 2 aliphatic rings. The molecule has 9 nitrogen and oxygen atoms in total. The number of rotatable bonds is 11. The lowest BCUT2D eigenvalue weighted by Gasteiger charge is -2.32. The van der Waals surface area contributed by atoms with Gasteiger partial charge in [-0.2, -0.15) is 8.78 Å². The van der Waals surface area contributed by atoms with Gasteiger partial charge < -0.3 is 19.7 Å². The minimum Gasteiger partial charge on any atom is -0.479 e. The van der Waals surface area contributed by atoms with Crippen LogP contribution >= 0.6 is 0 Å². The maximum atomic E-state index is 14.0. The van der Waals surface area contributed by atoms with Gasteiger partial charge in [-0.25, -0.2) is 8.78 Å². The number of carbonyl (C=O) groups is 5. The predicted octanol–water partition coefficient (Wildman–Crippen LogP) is 3.80. The Bertz CT molecular complexity index is 1190. The first-order valence-electron chi connectivity index (χ1n) is 14.0. The standard InChI is InChI=1S/C29H36F4N2O7/c1-29(2,3)42-23(38)13-20(22(37)15-41-26-24(32)18(30)12-19(31)25(26)33)34-27(39)17-9-6-10-35(14-17)28(40)21(36)11-16-7-4-5-8-16/h12,16-17,20H,4-11,13-15H2,1-3H3,(H,34,39)/t17-,20+/m1/s1. The van der Waals surface area contributed by atoms with E-state index in [1.165, 1.54) is 4.90 Å². The van der Waals surface area contributed by atoms with Crippen LogP contribution in [0.5, 0.6) is 5.75 Å². The minimum absolute atomic E-state index is 0.0224. The van der Waals surface area contributed by atoms with Crippen LogP contribution in [0.1, 0.15) is 72.1 Å². The molecule has 0 radical (unpaired) electrons. The third kappa shape index (κ3) is 8.99. The largest absolute Gasteiger partial charge is 0.479 e. The number of benzene rings is 1. The smallest absolute Gasteiger partial charge is 0.308 e. The Morgan fingerprint density at radius 2 is 1.60 bits per heavy atom. The summed E-state index contributed by atoms with van der Waals surface area (Å²) < 4.78 is 65.0. The highest BCUT2D eigenvalue weighted by Crippen LogP contribution is 2.29. The molecule has 232 valence electrons. The first kappa shape index (κ1) is 33.0. The monoisotopic (exact) mass is 600 g/mol. The van der Waals surface area contributed by atoms with Gasteiger partial charge in [-0.05, 0) is 39.5 Å². The first-order chi connectivity index (χ1) is 19.7. The fourth-order valence-corrected chi connectivity index (χ4v) is 5.12. The number of ether oxygens (including phenoxy) is 2. The summed E-state index contributed by atoms with van der Waals surface area (Å²) in [5.41, 5.74) is -0.939. The van der Waals surface area contributed by atoms with Crippen molar-refractivity contribution in [3.05, 3.63) is 29.3 Å². The van der Waals surface area contributed by atoms with Crippen molar-refractivity contribution >= 4 is 29.4 Å². The number of amides is 2. The second-order valence-corrected chi connectivity index (χ2v) is 11.8. The van der Waals surface area contributed by atoms with E-state index in [4.69, 9.17) is 9.47 Å². The SMILES string of the molecule is CC(C)(C)OC(=O)C[C@H](NC(=O)[C@@H]1CCCN(C(=O)C(=O)CC2CCCC2)C1)C(=O)COc1c(F)c(F)cc(F)c1F. The van der Waals surface area contributed by atoms with E-state index < -0.39 is 89.0 Å². The van der Waals surface area contributed by atoms with Crippen molar-refractivity contribution in [3.63, 3.8) is 0 Å². The quantitative estimate of drug-likeness (QED) is 0.178. The molecule has 2 fully saturated rings. The molecule has 0 aromatic heterocycles. The zero-order valence-corrected chi connectivity index (χ0v) is 23.9. The van der Waals surface area contributed by atoms with E-state index in [0.29, 0.717) is 12.8 Å². The van der Waals surface area contributed by atoms with Crippen LogP contribution in [0.4, 0.5) is 17.6 Å². The lowest BCUT2D eigenvalue weighted by molar-refractivity contribution is -0.156. The lowest BCUT2D eigenvalue weighted by atomic mass is 9.94. The number of ketones is 2. The van der Waals surface area contributed by atoms with Crippen molar-refractivity contribution in [3.8, 4) is 5.75 Å². The predicted molar refractivity (Wildman–Crippen MR) is 140 cm³/mol. The number of piperidine rings is 1. The maximum absolute atomic E-state index is 14.0. The number of nitrogens with one attached hydrogen (secondary N) is 1. The summed E-state index contributed by atoms with van der Waals surface area (Å²) in [4.78, 5) is 65.3. The van der Waals surface area contributed by atoms with E-state index in [1.807, 2.05) is 0 Å². The van der Waals surface area contributed by atoms with Gasteiger partial charge in [0.2, 0.25) is 23.3 Å². The summed E-state index contributed by atoms with van der Waals surface area (Å²) in [5.74, 6) is -13.1. The molecule has 2 amide bonds. The number of nitrogens with zero attached hydrogens (tertiary/aromatic N) is 1. The number of likely N-dealkylation sites (tertiary alicyclic amines) is 1. The Morgan fingerprint density at radius 3 is 2.19 bits per heavy atom. The maximum Gasteiger partial charge on any atom is 0.308 e. The van der Waals surface area contributed by atoms with Gasteiger partial charge >= 0.3 is 5.97 Å². The van der Waals surface area contributed by atoms with Crippen molar-refractivity contribution in [2.24, 2.45) is 11.8 Å². The Kier molecular flexibility index (Phi) is 11.1. The minimum atomic E-state index is -1.86. The molecule has 1 aromatic carbocycles. The summed E-state index contributed by atoms with van der Waals surface area (Å²) in [6.07, 6.45) is 4.07. The van der Waals surface area contributed by atoms with Gasteiger partial charge in [-0.3, -0.25) is 24.0 Å². The molecule has 1 heterocycles. The van der Waals surface area contributed by atoms with Crippen LogP contribution in [-0.2, 0) is 28.7 Å². The Labute approximate surface area is 241 Å². The molecule has 2 atom stereocenters. The summed E-state index contributed by atoms with van der Waals surface area (Å²) in [6.45, 7) is 3.80. The van der Waals surface area contributed by atoms with Crippen LogP contribution in [0.25, 0.3) is 0 Å². The number of esters is 1. The van der Waals surface area contributed by atoms with E-state index in [1.54, 1.807) is 20.8 Å². The van der Waals surface area contributed by atoms with Gasteiger partial charge in [-0.15, -0.1) is 0 Å². The lowest BCUT2D eigenvalue weighted by Crippen LogP contribution is -2.51. The summed E-state index contributed by atoms with van der Waals surface area (Å²) in [6, 6.07) is -1.61. The third-order valence-electron chi connectivity index (χ3n) is 7.19. The molecular formula is C29H36F4N2O7. The molecule has 1 saturated carbocycles. The highest BCUT2D eigenvalue weighted by molar-refractivity contribution is 6.36. The van der Waals surface area contributed by atoms with Crippen LogP contribution in [0.2, 0.25) is 0 Å². The fraction of sp³-hybridized carbons (Fsp3) is 0.621. The van der Waals surface area contributed by atoms with E-state index >= 15 is 0 Å². The Morgan fingerprint density at radius 1 is 0.976 bits per heavy atom. The van der Waals surface area contributed by atoms with Gasteiger partial charge in [0.15, 0.2) is 23.2 Å². The molecule has 3 rings (SSSR count). The van der Waals surface area contributed by atoms with Crippen molar-refractivity contribution in [2.45, 2.75) is 83.8 Å². The number of halogens is 4. The molecular weight excluding hydrogens is 564 g/mol. The van der Waals surface area contributed by atoms with Crippen LogP contribution in [0.3, 0.4) is 0 Å². The van der Waals surface area contributed by atoms with Gasteiger partial charge in [0.1, 0.15) is 18.2 Å². The van der Waals surface area contributed by atoms with Crippen LogP contribution in [-0.4, -0.2) is 65.6 Å². The normalized spacial score (nSPS) is 18.4. The topological polar surface area (TPSA) is 119 Å². The van der Waals surface area contributed by atoms with E-state index in [-0.39, 0.29) is 31.5 Å². The molecule has 0 spiro atoms. The molecule has 0 unspecified atom stereocenters. The van der Waals surface area contributed by atoms with E-state index in [2.05, 4.69) is 5.32 Å². The molecule has 1 aliphatic carbocycles. The number of Topliss-reactive ketones (excluding diaryl/α,β-unsaturated/α-hetero) is 2. The highest BCUT2D eigenvalue weighted by Gasteiger charge is 2.35. The molecule has 1 aliphatic heterocycles. The number of hydrogen-bond acceptors (Lipinski definition) is 7. The van der Waals surface area contributed by atoms with Gasteiger partial charge in [-0.1, -0.05) is 25.7 Å². The van der Waals surface area contributed by atoms with Crippen molar-refractivity contribution in [1.82, 2.24) is 10.2 Å². The van der Waals surface area contributed by atoms with Crippen LogP contribution in [0.15, 0.2) is 6.07 Å². The molecule has 1 aromatic rings. The van der Waals surface area contributed by atoms with Crippen molar-refractivity contribution in [2.75, 3.05) is 19.7 Å². The Balaban J connectivity index is 1.69. The van der Waals surface area contributed by atoms with E-state index in [0.717, 1.165) is 25.7 Å². The molecule has 1 N–H and O–H groups in total. The Hall–Kier alpha value is -3.51. The number of carbonyl (C=O) groups excluding carboxylic acids is 5. The van der Waals surface area contributed by atoms with Crippen LogP contribution in [0, 0.1) is 35.1 Å². The van der Waals surface area contributed by atoms with Crippen molar-refractivity contribution in [1.29, 1.82) is 0 Å². The zero-order chi connectivity index (χ0) is 31.2. The average molecular weight is 601 g/mol.